The predicted octanol–water partition coefficient (Wildman–Crippen LogP) is 0.272. The maximum absolute atomic E-state index is 9.07. The first-order valence-corrected chi connectivity index (χ1v) is 5.59. The van der Waals surface area contributed by atoms with E-state index in [1.165, 1.54) is 0 Å². The smallest absolute Gasteiger partial charge is 0.224 e. The number of hydrogen-bond acceptors (Lipinski definition) is 6. The van der Waals surface area contributed by atoms with E-state index >= 15 is 0 Å². The molecule has 1 aromatic heterocycles. The highest BCUT2D eigenvalue weighted by Crippen LogP contribution is 2.17. The van der Waals surface area contributed by atoms with E-state index in [-0.39, 0.29) is 6.61 Å². The fraction of sp³-hybridized carbons (Fsp3) is 0.636. The summed E-state index contributed by atoms with van der Waals surface area (Å²) in [7, 11) is 3.43. The van der Waals surface area contributed by atoms with E-state index in [4.69, 9.17) is 9.84 Å². The maximum atomic E-state index is 9.07. The number of aliphatic hydroxyl groups excluding tert-OH is 1. The van der Waals surface area contributed by atoms with Crippen LogP contribution in [-0.2, 0) is 4.74 Å². The van der Waals surface area contributed by atoms with Crippen molar-refractivity contribution in [1.29, 1.82) is 0 Å². The summed E-state index contributed by atoms with van der Waals surface area (Å²) in [5, 5.41) is 12.0. The van der Waals surface area contributed by atoms with Gasteiger partial charge in [0.25, 0.3) is 0 Å². The average Bonchev–Trinajstić information content (AvgIpc) is 2.35. The van der Waals surface area contributed by atoms with E-state index < -0.39 is 0 Å². The van der Waals surface area contributed by atoms with Gasteiger partial charge in [-0.25, -0.2) is 4.98 Å². The molecule has 0 saturated carbocycles. The van der Waals surface area contributed by atoms with E-state index in [9.17, 15) is 0 Å². The Labute approximate surface area is 102 Å². The summed E-state index contributed by atoms with van der Waals surface area (Å²) in [6.45, 7) is 3.86. The lowest BCUT2D eigenvalue weighted by molar-refractivity contribution is 0.202. The number of ether oxygens (including phenoxy) is 1. The normalized spacial score (nSPS) is 10.4. The van der Waals surface area contributed by atoms with Crippen LogP contribution >= 0.6 is 0 Å². The monoisotopic (exact) mass is 240 g/mol. The number of hydrogen-bond donors (Lipinski definition) is 2. The van der Waals surface area contributed by atoms with Crippen LogP contribution in [0.4, 0.5) is 11.8 Å². The standard InChI is InChI=1S/C11H20N4O2/c1-9-8-13-11(12-2)14-10(9)15(4-6-16)5-7-17-3/h8,16H,4-7H2,1-3H3,(H,12,13,14). The highest BCUT2D eigenvalue weighted by atomic mass is 16.5. The van der Waals surface area contributed by atoms with Crippen LogP contribution in [0.5, 0.6) is 0 Å². The summed E-state index contributed by atoms with van der Waals surface area (Å²) in [5.74, 6) is 1.40. The van der Waals surface area contributed by atoms with Gasteiger partial charge in [0.15, 0.2) is 0 Å². The molecule has 96 valence electrons. The Morgan fingerprint density at radius 2 is 2.24 bits per heavy atom. The number of anilines is 2. The number of aromatic nitrogens is 2. The van der Waals surface area contributed by atoms with Crippen LogP contribution in [0.2, 0.25) is 0 Å². The summed E-state index contributed by atoms with van der Waals surface area (Å²) in [6.07, 6.45) is 1.77. The number of methoxy groups -OCH3 is 1. The molecule has 0 fully saturated rings. The van der Waals surface area contributed by atoms with Crippen LogP contribution in [0, 0.1) is 6.92 Å². The minimum absolute atomic E-state index is 0.0854. The molecule has 0 aliphatic rings. The minimum atomic E-state index is 0.0854. The fourth-order valence-electron chi connectivity index (χ4n) is 1.52. The second-order valence-corrected chi connectivity index (χ2v) is 3.65. The van der Waals surface area contributed by atoms with E-state index in [0.717, 1.165) is 11.4 Å². The third kappa shape index (κ3) is 3.83. The first-order chi connectivity index (χ1) is 8.22. The molecule has 6 heteroatoms. The van der Waals surface area contributed by atoms with Crippen LogP contribution in [0.3, 0.4) is 0 Å². The van der Waals surface area contributed by atoms with Crippen LogP contribution in [0.15, 0.2) is 6.20 Å². The van der Waals surface area contributed by atoms with Gasteiger partial charge in [0, 0.05) is 39.0 Å². The van der Waals surface area contributed by atoms with Crippen molar-refractivity contribution in [3.05, 3.63) is 11.8 Å². The lowest BCUT2D eigenvalue weighted by Gasteiger charge is -2.24. The van der Waals surface area contributed by atoms with Crippen molar-refractivity contribution in [3.8, 4) is 0 Å². The summed E-state index contributed by atoms with van der Waals surface area (Å²) < 4.78 is 5.05. The van der Waals surface area contributed by atoms with Gasteiger partial charge in [-0.05, 0) is 6.92 Å². The molecule has 6 nitrogen and oxygen atoms in total. The van der Waals surface area contributed by atoms with Crippen LogP contribution in [0.25, 0.3) is 0 Å². The van der Waals surface area contributed by atoms with E-state index in [1.54, 1.807) is 20.4 Å². The molecule has 0 radical (unpaired) electrons. The Bertz CT molecular complexity index is 346. The van der Waals surface area contributed by atoms with Gasteiger partial charge >= 0.3 is 0 Å². The van der Waals surface area contributed by atoms with Gasteiger partial charge in [-0.2, -0.15) is 4.98 Å². The Morgan fingerprint density at radius 3 is 2.82 bits per heavy atom. The maximum Gasteiger partial charge on any atom is 0.224 e. The van der Waals surface area contributed by atoms with Gasteiger partial charge in [-0.1, -0.05) is 0 Å². The highest BCUT2D eigenvalue weighted by molar-refractivity contribution is 5.48. The zero-order valence-corrected chi connectivity index (χ0v) is 10.6. The number of nitrogens with one attached hydrogen (secondary N) is 1. The van der Waals surface area contributed by atoms with Gasteiger partial charge in [0.05, 0.1) is 13.2 Å². The molecule has 0 amide bonds. The van der Waals surface area contributed by atoms with Gasteiger partial charge in [0.1, 0.15) is 5.82 Å². The second-order valence-electron chi connectivity index (χ2n) is 3.65. The fourth-order valence-corrected chi connectivity index (χ4v) is 1.52. The third-order valence-corrected chi connectivity index (χ3v) is 2.40. The zero-order chi connectivity index (χ0) is 12.7. The molecule has 17 heavy (non-hydrogen) atoms. The molecule has 0 unspecified atom stereocenters. The van der Waals surface area contributed by atoms with Crippen molar-refractivity contribution in [2.45, 2.75) is 6.92 Å². The average molecular weight is 240 g/mol. The highest BCUT2D eigenvalue weighted by Gasteiger charge is 2.11. The van der Waals surface area contributed by atoms with Crippen LogP contribution in [0.1, 0.15) is 5.56 Å². The van der Waals surface area contributed by atoms with Gasteiger partial charge in [-0.15, -0.1) is 0 Å². The quantitative estimate of drug-likeness (QED) is 0.713. The topological polar surface area (TPSA) is 70.5 Å². The van der Waals surface area contributed by atoms with Crippen molar-refractivity contribution in [2.75, 3.05) is 50.7 Å². The number of aliphatic hydroxyl groups is 1. The Morgan fingerprint density at radius 1 is 1.47 bits per heavy atom. The Balaban J connectivity index is 2.90. The molecule has 0 bridgehead atoms. The first kappa shape index (κ1) is 13.7. The van der Waals surface area contributed by atoms with E-state index in [1.807, 2.05) is 11.8 Å². The first-order valence-electron chi connectivity index (χ1n) is 5.59. The summed E-state index contributed by atoms with van der Waals surface area (Å²) in [5.41, 5.74) is 0.980. The van der Waals surface area contributed by atoms with Crippen molar-refractivity contribution >= 4 is 11.8 Å². The molecule has 1 rings (SSSR count). The SMILES string of the molecule is CNc1ncc(C)c(N(CCO)CCOC)n1. The molecule has 0 aliphatic carbocycles. The second kappa shape index (κ2) is 7.03. The van der Waals surface area contributed by atoms with Crippen LogP contribution in [-0.4, -0.2) is 55.5 Å². The molecule has 2 N–H and O–H groups in total. The molecule has 0 atom stereocenters. The van der Waals surface area contributed by atoms with Gasteiger partial charge in [0.2, 0.25) is 5.95 Å². The lowest BCUT2D eigenvalue weighted by atomic mass is 10.3. The van der Waals surface area contributed by atoms with Crippen molar-refractivity contribution in [3.63, 3.8) is 0 Å². The van der Waals surface area contributed by atoms with Gasteiger partial charge < -0.3 is 20.1 Å². The molecule has 0 saturated heterocycles. The Hall–Kier alpha value is -1.40. The number of rotatable bonds is 7. The zero-order valence-electron chi connectivity index (χ0n) is 10.6. The minimum Gasteiger partial charge on any atom is -0.395 e. The Kier molecular flexibility index (Phi) is 5.65. The van der Waals surface area contributed by atoms with E-state index in [2.05, 4.69) is 15.3 Å². The lowest BCUT2D eigenvalue weighted by Crippen LogP contribution is -2.31. The largest absolute Gasteiger partial charge is 0.395 e. The van der Waals surface area contributed by atoms with Crippen LogP contribution < -0.4 is 10.2 Å². The van der Waals surface area contributed by atoms with Gasteiger partial charge in [-0.3, -0.25) is 0 Å². The van der Waals surface area contributed by atoms with Crippen molar-refractivity contribution in [1.82, 2.24) is 9.97 Å². The number of nitrogens with zero attached hydrogens (tertiary/aromatic N) is 3. The molecule has 0 aromatic carbocycles. The molecule has 1 aromatic rings. The third-order valence-electron chi connectivity index (χ3n) is 2.40. The molecule has 1 heterocycles. The summed E-state index contributed by atoms with van der Waals surface area (Å²) in [6, 6.07) is 0. The number of aryl methyl sites for hydroxylation is 1. The van der Waals surface area contributed by atoms with E-state index in [0.29, 0.717) is 25.6 Å². The van der Waals surface area contributed by atoms with Crippen molar-refractivity contribution in [2.24, 2.45) is 0 Å². The molecular formula is C11H20N4O2. The van der Waals surface area contributed by atoms with Crippen molar-refractivity contribution < 1.29 is 9.84 Å². The summed E-state index contributed by atoms with van der Waals surface area (Å²) >= 11 is 0. The molecular weight excluding hydrogens is 220 g/mol. The predicted molar refractivity (Wildman–Crippen MR) is 67.5 cm³/mol. The molecule has 0 spiro atoms. The summed E-state index contributed by atoms with van der Waals surface area (Å²) in [4.78, 5) is 10.5. The molecule has 0 aliphatic heterocycles.